The molecule has 0 saturated heterocycles. The van der Waals surface area contributed by atoms with Crippen molar-refractivity contribution in [3.05, 3.63) is 29.8 Å². The zero-order chi connectivity index (χ0) is 10.7. The molecule has 2 heteroatoms. The molecule has 0 aliphatic heterocycles. The zero-order valence-electron chi connectivity index (χ0n) is 9.49. The van der Waals surface area contributed by atoms with Gasteiger partial charge >= 0.3 is 0 Å². The van der Waals surface area contributed by atoms with Crippen LogP contribution in [-0.4, -0.2) is 12.8 Å². The Kier molecular flexibility index (Phi) is 3.71. The molecular formula is C13H19NS. The molecule has 1 aromatic carbocycles. The van der Waals surface area contributed by atoms with E-state index in [0.717, 1.165) is 5.92 Å². The molecule has 1 saturated carbocycles. The second-order valence-electron chi connectivity index (χ2n) is 4.33. The highest BCUT2D eigenvalue weighted by atomic mass is 32.2. The Balaban J connectivity index is 1.90. The number of nitrogens with one attached hydrogen (secondary N) is 1. The molecule has 82 valence electrons. The normalized spacial score (nSPS) is 17.7. The van der Waals surface area contributed by atoms with Gasteiger partial charge in [0.15, 0.2) is 0 Å². The van der Waals surface area contributed by atoms with Crippen molar-refractivity contribution in [1.29, 1.82) is 0 Å². The number of hydrogen-bond donors (Lipinski definition) is 1. The van der Waals surface area contributed by atoms with Crippen LogP contribution >= 0.6 is 11.8 Å². The van der Waals surface area contributed by atoms with Crippen LogP contribution in [-0.2, 0) is 0 Å². The maximum Gasteiger partial charge on any atom is 0.0289 e. The van der Waals surface area contributed by atoms with Crippen LogP contribution in [0.2, 0.25) is 0 Å². The summed E-state index contributed by atoms with van der Waals surface area (Å²) in [6.07, 6.45) is 2.89. The highest BCUT2D eigenvalue weighted by molar-refractivity contribution is 7.99. The lowest BCUT2D eigenvalue weighted by Gasteiger charge is -2.10. The first-order valence-corrected chi connectivity index (χ1v) is 6.68. The summed E-state index contributed by atoms with van der Waals surface area (Å²) in [7, 11) is 2.00. The van der Waals surface area contributed by atoms with E-state index in [9.17, 15) is 0 Å². The van der Waals surface area contributed by atoms with Crippen molar-refractivity contribution in [3.8, 4) is 0 Å². The Morgan fingerprint density at radius 1 is 1.33 bits per heavy atom. The summed E-state index contributed by atoms with van der Waals surface area (Å²) in [4.78, 5) is 1.41. The first kappa shape index (κ1) is 11.0. The largest absolute Gasteiger partial charge is 0.313 e. The predicted molar refractivity (Wildman–Crippen MR) is 67.4 cm³/mol. The molecule has 1 N–H and O–H groups in total. The van der Waals surface area contributed by atoms with Crippen LogP contribution in [0.25, 0.3) is 0 Å². The summed E-state index contributed by atoms with van der Waals surface area (Å²) in [5, 5.41) is 3.25. The molecule has 1 nitrogen and oxygen atoms in total. The van der Waals surface area contributed by atoms with Crippen molar-refractivity contribution in [2.45, 2.75) is 30.7 Å². The molecule has 1 aliphatic carbocycles. The summed E-state index contributed by atoms with van der Waals surface area (Å²) in [6.45, 7) is 2.19. The molecule has 15 heavy (non-hydrogen) atoms. The number of rotatable bonds is 5. The maximum atomic E-state index is 3.25. The molecule has 1 aliphatic rings. The number of thioether (sulfide) groups is 1. The SMILES string of the molecule is CNC(C)c1ccc(SCC2CC2)cc1. The van der Waals surface area contributed by atoms with E-state index in [2.05, 4.69) is 36.5 Å². The molecule has 0 aromatic heterocycles. The standard InChI is InChI=1S/C13H19NS/c1-10(14-2)12-5-7-13(8-6-12)15-9-11-3-4-11/h5-8,10-11,14H,3-4,9H2,1-2H3. The fourth-order valence-electron chi connectivity index (χ4n) is 1.52. The van der Waals surface area contributed by atoms with Crippen LogP contribution in [0.4, 0.5) is 0 Å². The van der Waals surface area contributed by atoms with Crippen LogP contribution in [0.3, 0.4) is 0 Å². The van der Waals surface area contributed by atoms with E-state index in [4.69, 9.17) is 0 Å². The minimum atomic E-state index is 0.451. The van der Waals surface area contributed by atoms with Gasteiger partial charge in [-0.15, -0.1) is 11.8 Å². The number of benzene rings is 1. The van der Waals surface area contributed by atoms with Gasteiger partial charge in [-0.05, 0) is 50.4 Å². The quantitative estimate of drug-likeness (QED) is 0.764. The van der Waals surface area contributed by atoms with Crippen LogP contribution < -0.4 is 5.32 Å². The van der Waals surface area contributed by atoms with Gasteiger partial charge in [-0.2, -0.15) is 0 Å². The fraction of sp³-hybridized carbons (Fsp3) is 0.538. The second-order valence-corrected chi connectivity index (χ2v) is 5.43. The third-order valence-corrected chi connectivity index (χ3v) is 4.24. The van der Waals surface area contributed by atoms with E-state index in [1.807, 2.05) is 18.8 Å². The average molecular weight is 221 g/mol. The Morgan fingerprint density at radius 3 is 2.53 bits per heavy atom. The topological polar surface area (TPSA) is 12.0 Å². The third kappa shape index (κ3) is 3.25. The smallest absolute Gasteiger partial charge is 0.0289 e. The summed E-state index contributed by atoms with van der Waals surface area (Å²) in [6, 6.07) is 9.41. The van der Waals surface area contributed by atoms with Crippen LogP contribution in [0, 0.1) is 5.92 Å². The van der Waals surface area contributed by atoms with Crippen molar-refractivity contribution >= 4 is 11.8 Å². The van der Waals surface area contributed by atoms with Gasteiger partial charge in [0.25, 0.3) is 0 Å². The minimum Gasteiger partial charge on any atom is -0.313 e. The summed E-state index contributed by atoms with van der Waals surface area (Å²) in [5.41, 5.74) is 1.37. The lowest BCUT2D eigenvalue weighted by molar-refractivity contribution is 0.652. The van der Waals surface area contributed by atoms with Crippen molar-refractivity contribution in [2.75, 3.05) is 12.8 Å². The Labute approximate surface area is 96.7 Å². The second kappa shape index (κ2) is 5.04. The highest BCUT2D eigenvalue weighted by Crippen LogP contribution is 2.35. The van der Waals surface area contributed by atoms with Gasteiger partial charge in [0.05, 0.1) is 0 Å². The highest BCUT2D eigenvalue weighted by Gasteiger charge is 2.20. The van der Waals surface area contributed by atoms with E-state index in [1.165, 1.54) is 29.1 Å². The number of hydrogen-bond acceptors (Lipinski definition) is 2. The first-order chi connectivity index (χ1) is 7.29. The van der Waals surface area contributed by atoms with Crippen molar-refractivity contribution in [2.24, 2.45) is 5.92 Å². The van der Waals surface area contributed by atoms with Crippen LogP contribution in [0.1, 0.15) is 31.4 Å². The van der Waals surface area contributed by atoms with Gasteiger partial charge < -0.3 is 5.32 Å². The van der Waals surface area contributed by atoms with Crippen molar-refractivity contribution in [3.63, 3.8) is 0 Å². The first-order valence-electron chi connectivity index (χ1n) is 5.69. The predicted octanol–water partition coefficient (Wildman–Crippen LogP) is 3.47. The molecule has 1 fully saturated rings. The lowest BCUT2D eigenvalue weighted by Crippen LogP contribution is -2.11. The monoisotopic (exact) mass is 221 g/mol. The lowest BCUT2D eigenvalue weighted by atomic mass is 10.1. The van der Waals surface area contributed by atoms with Crippen molar-refractivity contribution in [1.82, 2.24) is 5.32 Å². The summed E-state index contributed by atoms with van der Waals surface area (Å²) < 4.78 is 0. The Morgan fingerprint density at radius 2 is 2.00 bits per heavy atom. The summed E-state index contributed by atoms with van der Waals surface area (Å²) in [5.74, 6) is 2.31. The minimum absolute atomic E-state index is 0.451. The van der Waals surface area contributed by atoms with Crippen LogP contribution in [0.15, 0.2) is 29.2 Å². The maximum absolute atomic E-state index is 3.25. The van der Waals surface area contributed by atoms with Gasteiger partial charge in [-0.3, -0.25) is 0 Å². The van der Waals surface area contributed by atoms with Gasteiger partial charge in [-0.25, -0.2) is 0 Å². The molecule has 0 heterocycles. The molecule has 1 unspecified atom stereocenters. The summed E-state index contributed by atoms with van der Waals surface area (Å²) >= 11 is 2.00. The molecule has 1 aromatic rings. The molecule has 0 radical (unpaired) electrons. The molecule has 0 bridgehead atoms. The fourth-order valence-corrected chi connectivity index (χ4v) is 2.61. The van der Waals surface area contributed by atoms with E-state index < -0.39 is 0 Å². The van der Waals surface area contributed by atoms with Crippen molar-refractivity contribution < 1.29 is 0 Å². The third-order valence-electron chi connectivity index (χ3n) is 3.00. The molecule has 1 atom stereocenters. The van der Waals surface area contributed by atoms with E-state index in [-0.39, 0.29) is 0 Å². The molecule has 2 rings (SSSR count). The average Bonchev–Trinajstić information content (AvgIpc) is 3.10. The Hall–Kier alpha value is -0.470. The van der Waals surface area contributed by atoms with E-state index in [1.54, 1.807) is 0 Å². The van der Waals surface area contributed by atoms with Gasteiger partial charge in [0, 0.05) is 16.7 Å². The van der Waals surface area contributed by atoms with E-state index >= 15 is 0 Å². The molecule has 0 spiro atoms. The molecular weight excluding hydrogens is 202 g/mol. The van der Waals surface area contributed by atoms with Gasteiger partial charge in [0.2, 0.25) is 0 Å². The Bertz CT molecular complexity index is 303. The van der Waals surface area contributed by atoms with Crippen LogP contribution in [0.5, 0.6) is 0 Å². The molecule has 0 amide bonds. The zero-order valence-corrected chi connectivity index (χ0v) is 10.3. The van der Waals surface area contributed by atoms with E-state index in [0.29, 0.717) is 6.04 Å². The van der Waals surface area contributed by atoms with Gasteiger partial charge in [0.1, 0.15) is 0 Å². The van der Waals surface area contributed by atoms with Gasteiger partial charge in [-0.1, -0.05) is 12.1 Å².